The third kappa shape index (κ3) is 5.47. The highest BCUT2D eigenvalue weighted by Gasteiger charge is 2.45. The van der Waals surface area contributed by atoms with Crippen LogP contribution in [0, 0.1) is 0 Å². The van der Waals surface area contributed by atoms with E-state index in [-0.39, 0.29) is 0 Å². The van der Waals surface area contributed by atoms with Gasteiger partial charge in [0.1, 0.15) is 22.3 Å². The summed E-state index contributed by atoms with van der Waals surface area (Å²) in [5.74, 6) is 0. The van der Waals surface area contributed by atoms with Crippen LogP contribution in [0.15, 0.2) is 245 Å². The van der Waals surface area contributed by atoms with Crippen molar-refractivity contribution in [2.75, 3.05) is 4.90 Å². The molecule has 0 aliphatic heterocycles. The summed E-state index contributed by atoms with van der Waals surface area (Å²) in [6.45, 7) is 0. The van der Waals surface area contributed by atoms with Crippen molar-refractivity contribution in [3.05, 3.63) is 259 Å². The summed E-state index contributed by atoms with van der Waals surface area (Å²) < 4.78 is 12.9. The molecular weight excluding hydrogens is 779 g/mol. The van der Waals surface area contributed by atoms with E-state index in [9.17, 15) is 0 Å². The van der Waals surface area contributed by atoms with Crippen molar-refractivity contribution < 1.29 is 8.83 Å². The van der Waals surface area contributed by atoms with Gasteiger partial charge in [0.05, 0.1) is 5.41 Å². The Kier molecular flexibility index (Phi) is 8.13. The Morgan fingerprint density at radius 3 is 1.53 bits per heavy atom. The number of fused-ring (bicyclic) bond motifs is 9. The van der Waals surface area contributed by atoms with Crippen molar-refractivity contribution in [2.45, 2.75) is 5.41 Å². The molecule has 0 saturated carbocycles. The molecule has 1 aliphatic carbocycles. The van der Waals surface area contributed by atoms with E-state index in [0.717, 1.165) is 77.6 Å². The predicted octanol–water partition coefficient (Wildman–Crippen LogP) is 16.7. The molecule has 0 N–H and O–H groups in total. The van der Waals surface area contributed by atoms with Gasteiger partial charge in [-0.3, -0.25) is 0 Å². The second-order valence-corrected chi connectivity index (χ2v) is 16.8. The molecule has 0 saturated heterocycles. The summed E-state index contributed by atoms with van der Waals surface area (Å²) in [6, 6.07) is 85.2. The van der Waals surface area contributed by atoms with Gasteiger partial charge >= 0.3 is 0 Å². The monoisotopic (exact) mass is 817 g/mol. The van der Waals surface area contributed by atoms with Gasteiger partial charge in [0.25, 0.3) is 0 Å². The highest BCUT2D eigenvalue weighted by atomic mass is 16.3. The zero-order chi connectivity index (χ0) is 42.2. The smallest absolute Gasteiger partial charge is 0.143 e. The largest absolute Gasteiger partial charge is 0.456 e. The molecule has 0 radical (unpaired) electrons. The molecule has 3 heteroatoms. The highest BCUT2D eigenvalue weighted by molar-refractivity contribution is 6.10. The Morgan fingerprint density at radius 2 is 0.812 bits per heavy atom. The molecule has 2 heterocycles. The van der Waals surface area contributed by atoms with Crippen molar-refractivity contribution >= 4 is 60.9 Å². The first-order chi connectivity index (χ1) is 31.7. The minimum absolute atomic E-state index is 0.460. The van der Waals surface area contributed by atoms with E-state index in [1.807, 2.05) is 24.3 Å². The molecule has 10 aromatic carbocycles. The van der Waals surface area contributed by atoms with Crippen molar-refractivity contribution in [1.29, 1.82) is 0 Å². The number of rotatable bonds is 7. The zero-order valence-corrected chi connectivity index (χ0v) is 34.8. The summed E-state index contributed by atoms with van der Waals surface area (Å²) in [7, 11) is 0. The summed E-state index contributed by atoms with van der Waals surface area (Å²) in [5.41, 5.74) is 18.4. The molecule has 0 bridgehead atoms. The maximum atomic E-state index is 6.44. The van der Waals surface area contributed by atoms with Gasteiger partial charge in [-0.25, -0.2) is 0 Å². The zero-order valence-electron chi connectivity index (χ0n) is 34.8. The van der Waals surface area contributed by atoms with E-state index < -0.39 is 5.41 Å². The average molecular weight is 818 g/mol. The Hall–Kier alpha value is -8.40. The Labute approximate surface area is 370 Å². The average Bonchev–Trinajstić information content (AvgIpc) is 4.03. The number of para-hydroxylation sites is 3. The molecule has 64 heavy (non-hydrogen) atoms. The van der Waals surface area contributed by atoms with Crippen LogP contribution in [0.25, 0.3) is 77.3 Å². The van der Waals surface area contributed by atoms with Crippen LogP contribution in [0.5, 0.6) is 0 Å². The molecule has 2 aromatic heterocycles. The van der Waals surface area contributed by atoms with Gasteiger partial charge in [0.2, 0.25) is 0 Å². The first-order valence-corrected chi connectivity index (χ1v) is 21.9. The maximum absolute atomic E-state index is 6.44. The molecule has 0 amide bonds. The normalized spacial score (nSPS) is 12.8. The molecule has 12 aromatic rings. The number of hydrogen-bond donors (Lipinski definition) is 0. The number of furan rings is 2. The van der Waals surface area contributed by atoms with Crippen LogP contribution in [-0.2, 0) is 5.41 Å². The van der Waals surface area contributed by atoms with Crippen molar-refractivity contribution in [1.82, 2.24) is 0 Å². The lowest BCUT2D eigenvalue weighted by molar-refractivity contribution is 0.669. The maximum Gasteiger partial charge on any atom is 0.143 e. The SMILES string of the molecule is c1ccc(C2(c3cccc(-c4ccc(N(c5ccc(-c6cccc7c6oc6ccccc67)cc5)c5ccc6c(c5)oc5ccccc56)cc4)c3)c3ccccc3-c3ccccc32)cc1. The van der Waals surface area contributed by atoms with Crippen molar-refractivity contribution in [3.8, 4) is 33.4 Å². The van der Waals surface area contributed by atoms with Gasteiger partial charge < -0.3 is 13.7 Å². The van der Waals surface area contributed by atoms with Gasteiger partial charge in [-0.1, -0.05) is 176 Å². The van der Waals surface area contributed by atoms with Crippen molar-refractivity contribution in [3.63, 3.8) is 0 Å². The number of nitrogens with zero attached hydrogens (tertiary/aromatic N) is 1. The second kappa shape index (κ2) is 14.3. The second-order valence-electron chi connectivity index (χ2n) is 16.8. The molecule has 0 atom stereocenters. The van der Waals surface area contributed by atoms with E-state index in [4.69, 9.17) is 8.83 Å². The topological polar surface area (TPSA) is 29.5 Å². The summed E-state index contributed by atoms with van der Waals surface area (Å²) in [6.07, 6.45) is 0. The van der Waals surface area contributed by atoms with E-state index in [2.05, 4.69) is 217 Å². The quantitative estimate of drug-likeness (QED) is 0.160. The molecule has 300 valence electrons. The fourth-order valence-corrected chi connectivity index (χ4v) is 10.5. The molecule has 0 spiro atoms. The summed E-state index contributed by atoms with van der Waals surface area (Å²) >= 11 is 0. The predicted molar refractivity (Wildman–Crippen MR) is 264 cm³/mol. The lowest BCUT2D eigenvalue weighted by atomic mass is 9.67. The van der Waals surface area contributed by atoms with Crippen LogP contribution >= 0.6 is 0 Å². The lowest BCUT2D eigenvalue weighted by Crippen LogP contribution is -2.28. The Bertz CT molecular complexity index is 3680. The van der Waals surface area contributed by atoms with Gasteiger partial charge in [0, 0.05) is 50.2 Å². The Balaban J connectivity index is 0.921. The van der Waals surface area contributed by atoms with E-state index in [0.29, 0.717) is 0 Å². The Morgan fingerprint density at radius 1 is 0.297 bits per heavy atom. The molecule has 3 nitrogen and oxygen atoms in total. The third-order valence-corrected chi connectivity index (χ3v) is 13.4. The number of hydrogen-bond acceptors (Lipinski definition) is 3. The fraction of sp³-hybridized carbons (Fsp3) is 0.0164. The molecule has 0 unspecified atom stereocenters. The molecule has 0 fully saturated rings. The third-order valence-electron chi connectivity index (χ3n) is 13.4. The van der Waals surface area contributed by atoms with E-state index in [1.165, 1.54) is 38.9 Å². The summed E-state index contributed by atoms with van der Waals surface area (Å²) in [5, 5.41) is 4.47. The van der Waals surface area contributed by atoms with Crippen molar-refractivity contribution in [2.24, 2.45) is 0 Å². The van der Waals surface area contributed by atoms with Crippen LogP contribution < -0.4 is 4.90 Å². The van der Waals surface area contributed by atoms with Crippen LogP contribution in [0.1, 0.15) is 22.3 Å². The van der Waals surface area contributed by atoms with Gasteiger partial charge in [-0.05, 0) is 105 Å². The molecule has 1 aliphatic rings. The minimum Gasteiger partial charge on any atom is -0.456 e. The first-order valence-electron chi connectivity index (χ1n) is 21.9. The lowest BCUT2D eigenvalue weighted by Gasteiger charge is -2.34. The number of anilines is 3. The minimum atomic E-state index is -0.460. The van der Waals surface area contributed by atoms with Crippen LogP contribution in [-0.4, -0.2) is 0 Å². The van der Waals surface area contributed by atoms with Crippen LogP contribution in [0.2, 0.25) is 0 Å². The van der Waals surface area contributed by atoms with Crippen LogP contribution in [0.3, 0.4) is 0 Å². The number of benzene rings is 10. The molecular formula is C61H39NO2. The fourth-order valence-electron chi connectivity index (χ4n) is 10.5. The standard InChI is InChI=1S/C61H39NO2/c1-2-15-43(16-3-1)61(55-24-8-4-18-49(55)50-19-5-9-25-56(50)61)44-17-12-14-42(38-44)40-28-32-45(33-29-40)62(47-36-37-53-51-20-6-10-26-57(51)63-59(53)39-47)46-34-30-41(31-35-46)48-22-13-23-54-52-21-7-11-27-58(52)64-60(48)54/h1-39H. The van der Waals surface area contributed by atoms with Gasteiger partial charge in [-0.2, -0.15) is 0 Å². The van der Waals surface area contributed by atoms with Gasteiger partial charge in [0.15, 0.2) is 0 Å². The first kappa shape index (κ1) is 36.3. The van der Waals surface area contributed by atoms with Gasteiger partial charge in [-0.15, -0.1) is 0 Å². The highest BCUT2D eigenvalue weighted by Crippen LogP contribution is 2.56. The van der Waals surface area contributed by atoms with Crippen LogP contribution in [0.4, 0.5) is 17.1 Å². The molecule has 13 rings (SSSR count). The van der Waals surface area contributed by atoms with E-state index in [1.54, 1.807) is 0 Å². The van der Waals surface area contributed by atoms with E-state index >= 15 is 0 Å². The summed E-state index contributed by atoms with van der Waals surface area (Å²) in [4.78, 5) is 2.31.